The molecule has 0 radical (unpaired) electrons. The minimum Gasteiger partial charge on any atom is -0.382 e. The SMILES string of the molecule is CC(Cn1cnc2c(N)ncnc21)OCP1(=O)OCC[C@@H](c2cc(Cl)ccc2F)O1. The Hall–Kier alpha value is -2.10. The van der Waals surface area contributed by atoms with Crippen LogP contribution in [0.25, 0.3) is 11.2 Å². The van der Waals surface area contributed by atoms with Crippen molar-refractivity contribution in [2.45, 2.75) is 32.1 Å². The largest absolute Gasteiger partial charge is 0.382 e. The number of fused-ring (bicyclic) bond motifs is 1. The summed E-state index contributed by atoms with van der Waals surface area (Å²) < 4.78 is 45.6. The molecular formula is C18H20ClFN5O4P. The molecule has 0 spiro atoms. The van der Waals surface area contributed by atoms with Crippen molar-refractivity contribution in [2.75, 3.05) is 18.7 Å². The number of hydrogen-bond acceptors (Lipinski definition) is 8. The van der Waals surface area contributed by atoms with Crippen molar-refractivity contribution in [2.24, 2.45) is 0 Å². The first-order chi connectivity index (χ1) is 14.3. The molecule has 30 heavy (non-hydrogen) atoms. The van der Waals surface area contributed by atoms with E-state index >= 15 is 0 Å². The van der Waals surface area contributed by atoms with E-state index in [9.17, 15) is 8.96 Å². The van der Waals surface area contributed by atoms with Crippen molar-refractivity contribution in [3.63, 3.8) is 0 Å². The van der Waals surface area contributed by atoms with Gasteiger partial charge in [-0.25, -0.2) is 19.3 Å². The number of hydrogen-bond donors (Lipinski definition) is 1. The lowest BCUT2D eigenvalue weighted by atomic mass is 10.1. The molecule has 1 aliphatic rings. The Morgan fingerprint density at radius 3 is 3.10 bits per heavy atom. The highest BCUT2D eigenvalue weighted by atomic mass is 35.5. The zero-order valence-electron chi connectivity index (χ0n) is 16.1. The standard InChI is InChI=1S/C18H20ClFN5O4P/c1-11(7-25-9-24-16-17(21)22-8-23-18(16)25)27-10-30(26)28-5-4-15(29-30)13-6-12(19)2-3-14(13)20/h2-3,6,8-9,11,15H,4-5,7,10H2,1H3,(H2,21,22,23)/t11?,15-,30?/m0/s1. The summed E-state index contributed by atoms with van der Waals surface area (Å²) in [6, 6.07) is 4.17. The summed E-state index contributed by atoms with van der Waals surface area (Å²) in [6.45, 7) is 2.36. The van der Waals surface area contributed by atoms with Crippen molar-refractivity contribution in [3.05, 3.63) is 47.3 Å². The van der Waals surface area contributed by atoms with Crippen LogP contribution in [0.15, 0.2) is 30.9 Å². The predicted octanol–water partition coefficient (Wildman–Crippen LogP) is 3.93. The Morgan fingerprint density at radius 1 is 1.43 bits per heavy atom. The Bertz CT molecular complexity index is 1110. The molecular weight excluding hydrogens is 436 g/mol. The number of benzene rings is 1. The van der Waals surface area contributed by atoms with Crippen molar-refractivity contribution in [3.8, 4) is 0 Å². The molecule has 0 amide bonds. The summed E-state index contributed by atoms with van der Waals surface area (Å²) in [6.07, 6.45) is 1.95. The fraction of sp³-hybridized carbons (Fsp3) is 0.389. The van der Waals surface area contributed by atoms with Gasteiger partial charge in [-0.1, -0.05) is 11.6 Å². The van der Waals surface area contributed by atoms with E-state index in [2.05, 4.69) is 15.0 Å². The summed E-state index contributed by atoms with van der Waals surface area (Å²) in [5.74, 6) is -0.180. The summed E-state index contributed by atoms with van der Waals surface area (Å²) in [5.41, 5.74) is 7.12. The van der Waals surface area contributed by atoms with E-state index in [-0.39, 0.29) is 24.6 Å². The van der Waals surface area contributed by atoms with Gasteiger partial charge in [-0.05, 0) is 25.1 Å². The number of rotatable bonds is 6. The van der Waals surface area contributed by atoms with Crippen LogP contribution in [-0.4, -0.2) is 38.6 Å². The Morgan fingerprint density at radius 2 is 2.27 bits per heavy atom. The smallest absolute Gasteiger partial charge is 0.356 e. The molecule has 1 saturated heterocycles. The van der Waals surface area contributed by atoms with E-state index in [0.29, 0.717) is 35.0 Å². The van der Waals surface area contributed by atoms with Gasteiger partial charge in [0, 0.05) is 17.0 Å². The topological polar surface area (TPSA) is 114 Å². The van der Waals surface area contributed by atoms with Gasteiger partial charge in [-0.2, -0.15) is 0 Å². The number of nitrogen functional groups attached to an aromatic ring is 1. The molecule has 0 bridgehead atoms. The second-order valence-electron chi connectivity index (χ2n) is 6.93. The average Bonchev–Trinajstić information content (AvgIpc) is 3.12. The van der Waals surface area contributed by atoms with E-state index in [1.165, 1.54) is 24.5 Å². The molecule has 4 rings (SSSR count). The van der Waals surface area contributed by atoms with Crippen LogP contribution in [-0.2, 0) is 24.9 Å². The predicted molar refractivity (Wildman–Crippen MR) is 109 cm³/mol. The molecule has 0 saturated carbocycles. The molecule has 9 nitrogen and oxygen atoms in total. The average molecular weight is 456 g/mol. The third-order valence-corrected chi connectivity index (χ3v) is 6.51. The molecule has 2 N–H and O–H groups in total. The van der Waals surface area contributed by atoms with Gasteiger partial charge < -0.3 is 19.6 Å². The van der Waals surface area contributed by atoms with Crippen molar-refractivity contribution >= 4 is 36.2 Å². The van der Waals surface area contributed by atoms with Crippen LogP contribution in [0, 0.1) is 5.82 Å². The molecule has 2 unspecified atom stereocenters. The Labute approximate surface area is 176 Å². The maximum Gasteiger partial charge on any atom is 0.356 e. The first kappa shape index (κ1) is 21.1. The second-order valence-corrected chi connectivity index (χ2v) is 9.31. The van der Waals surface area contributed by atoms with E-state index in [0.717, 1.165) is 0 Å². The minimum atomic E-state index is -3.57. The van der Waals surface area contributed by atoms with Gasteiger partial charge in [-0.3, -0.25) is 9.09 Å². The normalized spacial score (nSPS) is 23.0. The molecule has 2 aromatic heterocycles. The highest BCUT2D eigenvalue weighted by molar-refractivity contribution is 7.53. The third kappa shape index (κ3) is 4.48. The van der Waals surface area contributed by atoms with Gasteiger partial charge in [0.2, 0.25) is 0 Å². The first-order valence-corrected chi connectivity index (χ1v) is 11.3. The van der Waals surface area contributed by atoms with Crippen LogP contribution in [0.3, 0.4) is 0 Å². The number of ether oxygens (including phenoxy) is 1. The van der Waals surface area contributed by atoms with Gasteiger partial charge in [0.15, 0.2) is 11.5 Å². The summed E-state index contributed by atoms with van der Waals surface area (Å²) in [7, 11) is -3.57. The van der Waals surface area contributed by atoms with Crippen LogP contribution in [0.1, 0.15) is 25.0 Å². The van der Waals surface area contributed by atoms with E-state index in [4.69, 9.17) is 31.1 Å². The Kier molecular flexibility index (Phi) is 6.04. The number of imidazole rings is 1. The maximum absolute atomic E-state index is 14.2. The van der Waals surface area contributed by atoms with Gasteiger partial charge in [0.25, 0.3) is 0 Å². The summed E-state index contributed by atoms with van der Waals surface area (Å²) in [5, 5.41) is 0.373. The highest BCUT2D eigenvalue weighted by Gasteiger charge is 2.36. The lowest BCUT2D eigenvalue weighted by molar-refractivity contribution is 0.0331. The van der Waals surface area contributed by atoms with Crippen LogP contribution in [0.2, 0.25) is 5.02 Å². The molecule has 3 atom stereocenters. The number of nitrogens with zero attached hydrogens (tertiary/aromatic N) is 4. The quantitative estimate of drug-likeness (QED) is 0.556. The molecule has 1 aliphatic heterocycles. The van der Waals surface area contributed by atoms with E-state index in [1.807, 2.05) is 0 Å². The van der Waals surface area contributed by atoms with E-state index in [1.54, 1.807) is 17.8 Å². The van der Waals surface area contributed by atoms with Gasteiger partial charge in [0.05, 0.1) is 31.7 Å². The molecule has 160 valence electrons. The van der Waals surface area contributed by atoms with Gasteiger partial charge in [-0.15, -0.1) is 0 Å². The second kappa shape index (κ2) is 8.56. The summed E-state index contributed by atoms with van der Waals surface area (Å²) >= 11 is 5.96. The molecule has 1 aromatic carbocycles. The maximum atomic E-state index is 14.2. The summed E-state index contributed by atoms with van der Waals surface area (Å²) in [4.78, 5) is 12.3. The lowest BCUT2D eigenvalue weighted by Gasteiger charge is -2.30. The van der Waals surface area contributed by atoms with Crippen molar-refractivity contribution < 1.29 is 22.7 Å². The number of halogens is 2. The number of aromatic nitrogens is 4. The molecule has 3 aromatic rings. The number of anilines is 1. The van der Waals surface area contributed by atoms with Crippen LogP contribution in [0.5, 0.6) is 0 Å². The zero-order valence-corrected chi connectivity index (χ0v) is 17.7. The van der Waals surface area contributed by atoms with Gasteiger partial charge >= 0.3 is 7.60 Å². The number of nitrogens with two attached hydrogens (primary N) is 1. The molecule has 0 aliphatic carbocycles. The Balaban J connectivity index is 1.40. The molecule has 3 heterocycles. The highest BCUT2D eigenvalue weighted by Crippen LogP contribution is 2.56. The minimum absolute atomic E-state index is 0.161. The zero-order chi connectivity index (χ0) is 21.3. The molecule has 12 heteroatoms. The van der Waals surface area contributed by atoms with Crippen molar-refractivity contribution in [1.82, 2.24) is 19.5 Å². The fourth-order valence-corrected chi connectivity index (χ4v) is 5.00. The monoisotopic (exact) mass is 455 g/mol. The third-order valence-electron chi connectivity index (χ3n) is 4.66. The van der Waals surface area contributed by atoms with Crippen LogP contribution >= 0.6 is 19.2 Å². The fourth-order valence-electron chi connectivity index (χ4n) is 3.20. The lowest BCUT2D eigenvalue weighted by Crippen LogP contribution is -2.21. The van der Waals surface area contributed by atoms with Gasteiger partial charge in [0.1, 0.15) is 24.0 Å². The van der Waals surface area contributed by atoms with Crippen LogP contribution in [0.4, 0.5) is 10.2 Å². The first-order valence-electron chi connectivity index (χ1n) is 9.24. The van der Waals surface area contributed by atoms with E-state index < -0.39 is 19.5 Å². The van der Waals surface area contributed by atoms with Crippen molar-refractivity contribution in [1.29, 1.82) is 0 Å². The van der Waals surface area contributed by atoms with Crippen LogP contribution < -0.4 is 5.73 Å². The molecule has 1 fully saturated rings.